The highest BCUT2D eigenvalue weighted by Gasteiger charge is 2.42. The molecule has 1 fully saturated rings. The van der Waals surface area contributed by atoms with Gasteiger partial charge in [-0.25, -0.2) is 0 Å². The fourth-order valence-electron chi connectivity index (χ4n) is 2.97. The predicted molar refractivity (Wildman–Crippen MR) is 78.5 cm³/mol. The summed E-state index contributed by atoms with van der Waals surface area (Å²) in [6.07, 6.45) is 2.25. The van der Waals surface area contributed by atoms with E-state index >= 15 is 0 Å². The maximum atomic E-state index is 12.4. The van der Waals surface area contributed by atoms with Gasteiger partial charge in [-0.2, -0.15) is 0 Å². The molecule has 1 aliphatic carbocycles. The van der Waals surface area contributed by atoms with E-state index in [-0.39, 0.29) is 17.9 Å². The molecule has 110 valence electrons. The Bertz CT molecular complexity index is 471. The normalized spacial score (nSPS) is 27.2. The number of carbonyl (C=O) groups excluding carboxylic acids is 1. The molecule has 1 saturated carbocycles. The Labute approximate surface area is 123 Å². The van der Waals surface area contributed by atoms with Gasteiger partial charge in [-0.3, -0.25) is 9.59 Å². The van der Waals surface area contributed by atoms with Crippen molar-refractivity contribution in [2.75, 3.05) is 0 Å². The number of rotatable bonds is 5. The molecule has 20 heavy (non-hydrogen) atoms. The van der Waals surface area contributed by atoms with Gasteiger partial charge >= 0.3 is 5.97 Å². The van der Waals surface area contributed by atoms with Gasteiger partial charge in [0, 0.05) is 4.88 Å². The van der Waals surface area contributed by atoms with E-state index in [2.05, 4.69) is 12.2 Å². The molecule has 1 heterocycles. The summed E-state index contributed by atoms with van der Waals surface area (Å²) >= 11 is 1.60. The van der Waals surface area contributed by atoms with Crippen molar-refractivity contribution in [1.29, 1.82) is 0 Å². The van der Waals surface area contributed by atoms with Crippen molar-refractivity contribution in [3.05, 3.63) is 22.4 Å². The van der Waals surface area contributed by atoms with Crippen LogP contribution < -0.4 is 5.32 Å². The van der Waals surface area contributed by atoms with Crippen LogP contribution in [0.25, 0.3) is 0 Å². The summed E-state index contributed by atoms with van der Waals surface area (Å²) in [5.41, 5.74) is 0. The second kappa shape index (κ2) is 6.39. The lowest BCUT2D eigenvalue weighted by molar-refractivity contribution is -0.146. The molecule has 1 unspecified atom stereocenters. The summed E-state index contributed by atoms with van der Waals surface area (Å²) in [7, 11) is 0. The standard InChI is InChI=1S/C15H21NO3S/c1-3-10-7-11(12(8-10)15(18)19)14(17)16-9(2)13-5-4-6-20-13/h4-6,9-12H,3,7-8H2,1-2H3,(H,16,17)(H,18,19)/t9-,10?,11+,12-/m1/s1. The van der Waals surface area contributed by atoms with Crippen LogP contribution in [0.5, 0.6) is 0 Å². The van der Waals surface area contributed by atoms with Crippen molar-refractivity contribution < 1.29 is 14.7 Å². The molecule has 0 aromatic carbocycles. The molecule has 2 rings (SSSR count). The molecule has 1 amide bonds. The minimum absolute atomic E-state index is 0.0578. The molecular formula is C15H21NO3S. The number of aliphatic carboxylic acids is 1. The highest BCUT2D eigenvalue weighted by molar-refractivity contribution is 7.10. The summed E-state index contributed by atoms with van der Waals surface area (Å²) in [6, 6.07) is 3.87. The van der Waals surface area contributed by atoms with E-state index in [1.54, 1.807) is 11.3 Å². The molecule has 1 aromatic heterocycles. The van der Waals surface area contributed by atoms with Crippen LogP contribution in [0.1, 0.15) is 44.0 Å². The van der Waals surface area contributed by atoms with E-state index in [1.807, 2.05) is 24.4 Å². The molecule has 1 aliphatic rings. The Hall–Kier alpha value is -1.36. The molecule has 0 bridgehead atoms. The van der Waals surface area contributed by atoms with Crippen molar-refractivity contribution in [2.45, 2.75) is 39.2 Å². The third-order valence-corrected chi connectivity index (χ3v) is 5.28. The maximum Gasteiger partial charge on any atom is 0.307 e. The van der Waals surface area contributed by atoms with Crippen LogP contribution in [-0.2, 0) is 9.59 Å². The highest BCUT2D eigenvalue weighted by atomic mass is 32.1. The average molecular weight is 295 g/mol. The van der Waals surface area contributed by atoms with E-state index in [0.29, 0.717) is 18.8 Å². The fourth-order valence-corrected chi connectivity index (χ4v) is 3.70. The van der Waals surface area contributed by atoms with E-state index < -0.39 is 11.9 Å². The van der Waals surface area contributed by atoms with Crippen molar-refractivity contribution in [3.63, 3.8) is 0 Å². The van der Waals surface area contributed by atoms with Crippen LogP contribution in [0.15, 0.2) is 17.5 Å². The van der Waals surface area contributed by atoms with Gasteiger partial charge in [0.2, 0.25) is 5.91 Å². The zero-order valence-electron chi connectivity index (χ0n) is 11.8. The molecule has 2 N–H and O–H groups in total. The van der Waals surface area contributed by atoms with Gasteiger partial charge in [0.1, 0.15) is 0 Å². The number of carboxylic acids is 1. The fraction of sp³-hybridized carbons (Fsp3) is 0.600. The zero-order valence-corrected chi connectivity index (χ0v) is 12.7. The van der Waals surface area contributed by atoms with Gasteiger partial charge in [-0.1, -0.05) is 19.4 Å². The van der Waals surface area contributed by atoms with Gasteiger partial charge < -0.3 is 10.4 Å². The summed E-state index contributed by atoms with van der Waals surface area (Å²) in [5.74, 6) is -1.53. The summed E-state index contributed by atoms with van der Waals surface area (Å²) < 4.78 is 0. The third-order valence-electron chi connectivity index (χ3n) is 4.22. The molecule has 0 spiro atoms. The number of carboxylic acid groups (broad SMARTS) is 1. The van der Waals surface area contributed by atoms with E-state index in [1.165, 1.54) is 0 Å². The van der Waals surface area contributed by atoms with Gasteiger partial charge in [0.05, 0.1) is 17.9 Å². The van der Waals surface area contributed by atoms with Gasteiger partial charge in [-0.15, -0.1) is 11.3 Å². The quantitative estimate of drug-likeness (QED) is 0.877. The minimum Gasteiger partial charge on any atom is -0.481 e. The molecule has 0 radical (unpaired) electrons. The van der Waals surface area contributed by atoms with Crippen LogP contribution in [-0.4, -0.2) is 17.0 Å². The Kier molecular flexibility index (Phi) is 4.81. The van der Waals surface area contributed by atoms with Crippen LogP contribution in [0.4, 0.5) is 0 Å². The molecule has 0 aliphatic heterocycles. The van der Waals surface area contributed by atoms with Crippen LogP contribution >= 0.6 is 11.3 Å². The number of amides is 1. The van der Waals surface area contributed by atoms with E-state index in [9.17, 15) is 14.7 Å². The first-order valence-corrected chi connectivity index (χ1v) is 7.97. The second-order valence-corrected chi connectivity index (χ2v) is 6.52. The number of carbonyl (C=O) groups is 2. The summed E-state index contributed by atoms with van der Waals surface area (Å²) in [6.45, 7) is 3.99. The Balaban J connectivity index is 2.02. The Morgan fingerprint density at radius 1 is 1.45 bits per heavy atom. The molecular weight excluding hydrogens is 274 g/mol. The number of thiophene rings is 1. The molecule has 4 atom stereocenters. The lowest BCUT2D eigenvalue weighted by Crippen LogP contribution is -2.36. The van der Waals surface area contributed by atoms with Crippen molar-refractivity contribution in [3.8, 4) is 0 Å². The first kappa shape index (κ1) is 15.0. The topological polar surface area (TPSA) is 66.4 Å². The van der Waals surface area contributed by atoms with Crippen molar-refractivity contribution >= 4 is 23.2 Å². The largest absolute Gasteiger partial charge is 0.481 e. The second-order valence-electron chi connectivity index (χ2n) is 5.54. The smallest absolute Gasteiger partial charge is 0.307 e. The molecule has 0 saturated heterocycles. The Morgan fingerprint density at radius 2 is 2.15 bits per heavy atom. The molecule has 4 nitrogen and oxygen atoms in total. The number of hydrogen-bond acceptors (Lipinski definition) is 3. The first-order valence-electron chi connectivity index (χ1n) is 7.09. The molecule has 5 heteroatoms. The van der Waals surface area contributed by atoms with Gasteiger partial charge in [0.15, 0.2) is 0 Å². The molecule has 1 aromatic rings. The van der Waals surface area contributed by atoms with Crippen molar-refractivity contribution in [1.82, 2.24) is 5.32 Å². The monoisotopic (exact) mass is 295 g/mol. The number of nitrogens with one attached hydrogen (secondary N) is 1. The zero-order chi connectivity index (χ0) is 14.7. The average Bonchev–Trinajstić information content (AvgIpc) is 3.07. The van der Waals surface area contributed by atoms with E-state index in [4.69, 9.17) is 0 Å². The predicted octanol–water partition coefficient (Wildman–Crippen LogP) is 3.06. The van der Waals surface area contributed by atoms with E-state index in [0.717, 1.165) is 11.3 Å². The highest BCUT2D eigenvalue weighted by Crippen LogP contribution is 2.38. The minimum atomic E-state index is -0.843. The van der Waals surface area contributed by atoms with Crippen LogP contribution in [0.3, 0.4) is 0 Å². The first-order chi connectivity index (χ1) is 9.52. The Morgan fingerprint density at radius 3 is 2.70 bits per heavy atom. The lowest BCUT2D eigenvalue weighted by atomic mass is 9.95. The van der Waals surface area contributed by atoms with Crippen LogP contribution in [0.2, 0.25) is 0 Å². The van der Waals surface area contributed by atoms with Gasteiger partial charge in [-0.05, 0) is 37.1 Å². The summed E-state index contributed by atoms with van der Waals surface area (Å²) in [4.78, 5) is 24.8. The lowest BCUT2D eigenvalue weighted by Gasteiger charge is -2.19. The summed E-state index contributed by atoms with van der Waals surface area (Å²) in [5, 5.41) is 14.2. The van der Waals surface area contributed by atoms with Crippen molar-refractivity contribution in [2.24, 2.45) is 17.8 Å². The van der Waals surface area contributed by atoms with Crippen LogP contribution in [0, 0.1) is 17.8 Å². The third kappa shape index (κ3) is 3.20. The van der Waals surface area contributed by atoms with Gasteiger partial charge in [0.25, 0.3) is 0 Å². The maximum absolute atomic E-state index is 12.4. The SMILES string of the molecule is CCC1C[C@H](C(=O)N[C@H](C)c2cccs2)[C@H](C(=O)O)C1. The number of hydrogen-bond donors (Lipinski definition) is 2.